The van der Waals surface area contributed by atoms with E-state index < -0.39 is 11.7 Å². The van der Waals surface area contributed by atoms with E-state index in [1.807, 2.05) is 0 Å². The Morgan fingerprint density at radius 1 is 0.821 bits per heavy atom. The number of rotatable bonds is 15. The van der Waals surface area contributed by atoms with Crippen LogP contribution >= 0.6 is 0 Å². The average Bonchev–Trinajstić information content (AvgIpc) is 2.65. The molecule has 0 aliphatic heterocycles. The number of unbranched alkanes of at least 4 members (excludes halogenated alkanes) is 12. The third-order valence-corrected chi connectivity index (χ3v) is 4.98. The highest BCUT2D eigenvalue weighted by atomic mass is 19.4. The topological polar surface area (TPSA) is 29.1 Å². The highest BCUT2D eigenvalue weighted by molar-refractivity contribution is 5.90. The molecule has 28 heavy (non-hydrogen) atoms. The number of hydrogen-bond donors (Lipinski definition) is 1. The molecule has 1 aromatic rings. The van der Waals surface area contributed by atoms with E-state index in [4.69, 9.17) is 0 Å². The molecule has 0 atom stereocenters. The molecule has 1 amide bonds. The molecule has 5 heteroatoms. The van der Waals surface area contributed by atoms with Crippen LogP contribution in [0.3, 0.4) is 0 Å². The van der Waals surface area contributed by atoms with Crippen molar-refractivity contribution in [2.45, 2.75) is 103 Å². The number of nitrogens with one attached hydrogen (secondary N) is 1. The van der Waals surface area contributed by atoms with E-state index in [-0.39, 0.29) is 11.6 Å². The van der Waals surface area contributed by atoms with Crippen molar-refractivity contribution >= 4 is 11.6 Å². The maximum Gasteiger partial charge on any atom is 0.416 e. The van der Waals surface area contributed by atoms with Gasteiger partial charge in [-0.1, -0.05) is 90.0 Å². The van der Waals surface area contributed by atoms with E-state index in [2.05, 4.69) is 12.2 Å². The summed E-state index contributed by atoms with van der Waals surface area (Å²) in [4.78, 5) is 11.9. The molecule has 0 spiro atoms. The summed E-state index contributed by atoms with van der Waals surface area (Å²) in [6.07, 6.45) is 12.0. The Balaban J connectivity index is 2.00. The molecule has 1 rings (SSSR count). The van der Waals surface area contributed by atoms with Crippen LogP contribution in [0.25, 0.3) is 0 Å². The maximum atomic E-state index is 12.7. The second-order valence-corrected chi connectivity index (χ2v) is 7.62. The average molecular weight is 400 g/mol. The number of hydrogen-bond acceptors (Lipinski definition) is 1. The van der Waals surface area contributed by atoms with Gasteiger partial charge < -0.3 is 5.32 Å². The highest BCUT2D eigenvalue weighted by Gasteiger charge is 2.30. The fraction of sp³-hybridized carbons (Fsp3) is 0.696. The predicted molar refractivity (Wildman–Crippen MR) is 110 cm³/mol. The predicted octanol–water partition coefficient (Wildman–Crippen LogP) is 8.13. The SMILES string of the molecule is CCCCCCCCCCCCCCCC(=O)Nc1cccc(C(F)(F)F)c1. The van der Waals surface area contributed by atoms with Crippen LogP contribution in [0.1, 0.15) is 102 Å². The van der Waals surface area contributed by atoms with Crippen LogP contribution in [0.4, 0.5) is 18.9 Å². The first-order valence-corrected chi connectivity index (χ1v) is 10.9. The van der Waals surface area contributed by atoms with Gasteiger partial charge in [-0.2, -0.15) is 13.2 Å². The molecule has 1 aromatic carbocycles. The van der Waals surface area contributed by atoms with Crippen LogP contribution in [-0.2, 0) is 11.0 Å². The Morgan fingerprint density at radius 3 is 1.82 bits per heavy atom. The van der Waals surface area contributed by atoms with Crippen molar-refractivity contribution < 1.29 is 18.0 Å². The molecule has 0 radical (unpaired) electrons. The van der Waals surface area contributed by atoms with Gasteiger partial charge in [0.2, 0.25) is 5.91 Å². The van der Waals surface area contributed by atoms with Crippen molar-refractivity contribution in [2.75, 3.05) is 5.32 Å². The van der Waals surface area contributed by atoms with E-state index in [9.17, 15) is 18.0 Å². The standard InChI is InChI=1S/C23H36F3NO/c1-2-3-4-5-6-7-8-9-10-11-12-13-14-18-22(28)27-21-17-15-16-20(19-21)23(24,25)26/h15-17,19H,2-14,18H2,1H3,(H,27,28). The largest absolute Gasteiger partial charge is 0.416 e. The summed E-state index contributed by atoms with van der Waals surface area (Å²) < 4.78 is 38.0. The van der Waals surface area contributed by atoms with E-state index in [0.717, 1.165) is 31.4 Å². The lowest BCUT2D eigenvalue weighted by atomic mass is 10.0. The first-order chi connectivity index (χ1) is 13.4. The molecule has 0 aliphatic rings. The Kier molecular flexibility index (Phi) is 12.7. The Hall–Kier alpha value is -1.52. The van der Waals surface area contributed by atoms with Gasteiger partial charge >= 0.3 is 6.18 Å². The Labute approximate surface area is 168 Å². The molecule has 0 aromatic heterocycles. The van der Waals surface area contributed by atoms with Crippen LogP contribution in [-0.4, -0.2) is 5.91 Å². The molecule has 0 fully saturated rings. The second kappa shape index (κ2) is 14.5. The summed E-state index contributed by atoms with van der Waals surface area (Å²) in [5.41, 5.74) is -0.541. The van der Waals surface area contributed by atoms with Gasteiger partial charge in [0.25, 0.3) is 0 Å². The second-order valence-electron chi connectivity index (χ2n) is 7.62. The third-order valence-electron chi connectivity index (χ3n) is 4.98. The molecule has 0 bridgehead atoms. The Bertz CT molecular complexity index is 543. The lowest BCUT2D eigenvalue weighted by molar-refractivity contribution is -0.137. The third kappa shape index (κ3) is 12.0. The smallest absolute Gasteiger partial charge is 0.326 e. The summed E-state index contributed by atoms with van der Waals surface area (Å²) in [6, 6.07) is 4.77. The van der Waals surface area contributed by atoms with Gasteiger partial charge in [-0.15, -0.1) is 0 Å². The lowest BCUT2D eigenvalue weighted by Gasteiger charge is -2.10. The number of carbonyl (C=O) groups is 1. The van der Waals surface area contributed by atoms with E-state index in [0.29, 0.717) is 6.42 Å². The molecule has 0 aliphatic carbocycles. The number of carbonyl (C=O) groups excluding carboxylic acids is 1. The zero-order valence-electron chi connectivity index (χ0n) is 17.3. The minimum Gasteiger partial charge on any atom is -0.326 e. The van der Waals surface area contributed by atoms with Crippen molar-refractivity contribution in [3.8, 4) is 0 Å². The summed E-state index contributed by atoms with van der Waals surface area (Å²) in [7, 11) is 0. The zero-order chi connectivity index (χ0) is 20.7. The first-order valence-electron chi connectivity index (χ1n) is 10.9. The van der Waals surface area contributed by atoms with Crippen molar-refractivity contribution in [2.24, 2.45) is 0 Å². The van der Waals surface area contributed by atoms with E-state index in [1.165, 1.54) is 76.3 Å². The molecular weight excluding hydrogens is 363 g/mol. The van der Waals surface area contributed by atoms with Gasteiger partial charge in [-0.25, -0.2) is 0 Å². The van der Waals surface area contributed by atoms with Crippen LogP contribution < -0.4 is 5.32 Å². The van der Waals surface area contributed by atoms with E-state index in [1.54, 1.807) is 0 Å². The van der Waals surface area contributed by atoms with Crippen LogP contribution in [0.2, 0.25) is 0 Å². The monoisotopic (exact) mass is 399 g/mol. The molecular formula is C23H36F3NO. The van der Waals surface area contributed by atoms with Crippen molar-refractivity contribution in [3.05, 3.63) is 29.8 Å². The van der Waals surface area contributed by atoms with Crippen molar-refractivity contribution in [3.63, 3.8) is 0 Å². The number of halogens is 3. The summed E-state index contributed by atoms with van der Waals surface area (Å²) in [5.74, 6) is -0.220. The minimum atomic E-state index is -4.39. The normalized spacial score (nSPS) is 11.6. The van der Waals surface area contributed by atoms with Crippen LogP contribution in [0.15, 0.2) is 24.3 Å². The van der Waals surface area contributed by atoms with Gasteiger partial charge in [-0.3, -0.25) is 4.79 Å². The lowest BCUT2D eigenvalue weighted by Crippen LogP contribution is -2.12. The molecule has 2 nitrogen and oxygen atoms in total. The summed E-state index contributed by atoms with van der Waals surface area (Å²) in [6.45, 7) is 2.24. The quantitative estimate of drug-likeness (QED) is 0.296. The number of anilines is 1. The van der Waals surface area contributed by atoms with Gasteiger partial charge in [0.1, 0.15) is 0 Å². The van der Waals surface area contributed by atoms with Gasteiger partial charge in [0.05, 0.1) is 5.56 Å². The summed E-state index contributed by atoms with van der Waals surface area (Å²) >= 11 is 0. The van der Waals surface area contributed by atoms with Crippen molar-refractivity contribution in [1.82, 2.24) is 0 Å². The molecule has 0 saturated heterocycles. The van der Waals surface area contributed by atoms with Gasteiger partial charge in [0.15, 0.2) is 0 Å². The first kappa shape index (κ1) is 24.5. The molecule has 0 unspecified atom stereocenters. The maximum absolute atomic E-state index is 12.7. The van der Waals surface area contributed by atoms with E-state index >= 15 is 0 Å². The van der Waals surface area contributed by atoms with Crippen LogP contribution in [0, 0.1) is 0 Å². The van der Waals surface area contributed by atoms with Gasteiger partial charge in [-0.05, 0) is 24.6 Å². The number of benzene rings is 1. The fourth-order valence-corrected chi connectivity index (χ4v) is 3.30. The Morgan fingerprint density at radius 2 is 1.32 bits per heavy atom. The summed E-state index contributed by atoms with van der Waals surface area (Å²) in [5, 5.41) is 2.56. The zero-order valence-corrected chi connectivity index (χ0v) is 17.3. The molecule has 0 heterocycles. The fourth-order valence-electron chi connectivity index (χ4n) is 3.30. The molecule has 160 valence electrons. The van der Waals surface area contributed by atoms with Gasteiger partial charge in [0, 0.05) is 12.1 Å². The molecule has 0 saturated carbocycles. The van der Waals surface area contributed by atoms with Crippen LogP contribution in [0.5, 0.6) is 0 Å². The number of alkyl halides is 3. The molecule has 1 N–H and O–H groups in total. The highest BCUT2D eigenvalue weighted by Crippen LogP contribution is 2.30. The van der Waals surface area contributed by atoms with Crippen molar-refractivity contribution in [1.29, 1.82) is 0 Å². The minimum absolute atomic E-state index is 0.203. The number of amides is 1.